The zero-order valence-corrected chi connectivity index (χ0v) is 16.0. The molecule has 4 nitrogen and oxygen atoms in total. The van der Waals surface area contributed by atoms with Gasteiger partial charge in [-0.15, -0.1) is 11.8 Å². The Morgan fingerprint density at radius 3 is 2.48 bits per heavy atom. The zero-order valence-electron chi connectivity index (χ0n) is 15.2. The number of carbonyl (C=O) groups excluding carboxylic acids is 2. The molecular formula is C20H28O4S. The van der Waals surface area contributed by atoms with Gasteiger partial charge >= 0.3 is 11.9 Å². The molecule has 1 rings (SSSR count). The smallest absolute Gasteiger partial charge is 0.344 e. The molecule has 1 aromatic carbocycles. The molecule has 0 heterocycles. The molecule has 0 saturated heterocycles. The molecule has 0 aliphatic rings. The van der Waals surface area contributed by atoms with Crippen LogP contribution in [-0.2, 0) is 25.7 Å². The predicted molar refractivity (Wildman–Crippen MR) is 102 cm³/mol. The molecule has 0 fully saturated rings. The Labute approximate surface area is 155 Å². The maximum atomic E-state index is 11.8. The highest BCUT2D eigenvalue weighted by atomic mass is 32.2. The maximum absolute atomic E-state index is 11.8. The third kappa shape index (κ3) is 10.7. The molecule has 0 atom stereocenters. The summed E-state index contributed by atoms with van der Waals surface area (Å²) >= 11 is 1.06. The summed E-state index contributed by atoms with van der Waals surface area (Å²) in [7, 11) is 0. The SMILES string of the molecule is C=C(SCC(=O)OCCCCCC(C)C)C(=O)OCc1ccccc1. The van der Waals surface area contributed by atoms with E-state index in [2.05, 4.69) is 20.4 Å². The van der Waals surface area contributed by atoms with Crippen molar-refractivity contribution in [2.24, 2.45) is 5.92 Å². The van der Waals surface area contributed by atoms with Gasteiger partial charge in [0.05, 0.1) is 17.3 Å². The second-order valence-corrected chi connectivity index (χ2v) is 7.31. The molecule has 0 spiro atoms. The van der Waals surface area contributed by atoms with E-state index in [1.807, 2.05) is 30.3 Å². The summed E-state index contributed by atoms with van der Waals surface area (Å²) in [6.45, 7) is 8.69. The first kappa shape index (κ1) is 21.3. The van der Waals surface area contributed by atoms with Crippen molar-refractivity contribution in [1.29, 1.82) is 0 Å². The number of carbonyl (C=O) groups is 2. The van der Waals surface area contributed by atoms with E-state index in [0.29, 0.717) is 12.5 Å². The molecule has 5 heteroatoms. The molecule has 0 aliphatic carbocycles. The minimum Gasteiger partial charge on any atom is -0.465 e. The lowest BCUT2D eigenvalue weighted by atomic mass is 10.1. The number of benzene rings is 1. The van der Waals surface area contributed by atoms with Gasteiger partial charge in [0.1, 0.15) is 6.61 Å². The van der Waals surface area contributed by atoms with Gasteiger partial charge in [-0.3, -0.25) is 4.79 Å². The fraction of sp³-hybridized carbons (Fsp3) is 0.500. The van der Waals surface area contributed by atoms with Crippen molar-refractivity contribution in [3.05, 3.63) is 47.4 Å². The molecule has 138 valence electrons. The molecule has 0 N–H and O–H groups in total. The Bertz CT molecular complexity index is 540. The average Bonchev–Trinajstić information content (AvgIpc) is 2.61. The van der Waals surface area contributed by atoms with Crippen molar-refractivity contribution in [3.8, 4) is 0 Å². The zero-order chi connectivity index (χ0) is 18.5. The number of ether oxygens (including phenoxy) is 2. The van der Waals surface area contributed by atoms with Gasteiger partial charge in [-0.05, 0) is 17.9 Å². The highest BCUT2D eigenvalue weighted by Crippen LogP contribution is 2.16. The molecule has 1 aromatic rings. The van der Waals surface area contributed by atoms with E-state index in [1.54, 1.807) is 0 Å². The largest absolute Gasteiger partial charge is 0.465 e. The van der Waals surface area contributed by atoms with Gasteiger partial charge in [0.25, 0.3) is 0 Å². The number of unbranched alkanes of at least 4 members (excludes halogenated alkanes) is 2. The number of rotatable bonds is 12. The van der Waals surface area contributed by atoms with Crippen LogP contribution in [0.5, 0.6) is 0 Å². The third-order valence-corrected chi connectivity index (χ3v) is 4.39. The Hall–Kier alpha value is -1.75. The van der Waals surface area contributed by atoms with Gasteiger partial charge in [-0.1, -0.05) is 70.0 Å². The lowest BCUT2D eigenvalue weighted by molar-refractivity contribution is -0.140. The van der Waals surface area contributed by atoms with Gasteiger partial charge in [-0.2, -0.15) is 0 Å². The highest BCUT2D eigenvalue weighted by Gasteiger charge is 2.12. The number of hydrogen-bond acceptors (Lipinski definition) is 5. The molecule has 0 aromatic heterocycles. The first-order chi connectivity index (χ1) is 12.0. The summed E-state index contributed by atoms with van der Waals surface area (Å²) in [5, 5.41) is 0. The Morgan fingerprint density at radius 1 is 1.08 bits per heavy atom. The van der Waals surface area contributed by atoms with E-state index in [0.717, 1.165) is 36.6 Å². The van der Waals surface area contributed by atoms with Crippen molar-refractivity contribution < 1.29 is 19.1 Å². The van der Waals surface area contributed by atoms with Gasteiger partial charge in [0, 0.05) is 0 Å². The van der Waals surface area contributed by atoms with Gasteiger partial charge < -0.3 is 9.47 Å². The second kappa shape index (κ2) is 12.6. The monoisotopic (exact) mass is 364 g/mol. The summed E-state index contributed by atoms with van der Waals surface area (Å²) in [6, 6.07) is 9.41. The fourth-order valence-corrected chi connectivity index (χ4v) is 2.62. The summed E-state index contributed by atoms with van der Waals surface area (Å²) in [5.41, 5.74) is 0.908. The Morgan fingerprint density at radius 2 is 1.80 bits per heavy atom. The van der Waals surface area contributed by atoms with E-state index in [1.165, 1.54) is 6.42 Å². The minimum atomic E-state index is -0.504. The van der Waals surface area contributed by atoms with Crippen LogP contribution in [0.25, 0.3) is 0 Å². The van der Waals surface area contributed by atoms with Gasteiger partial charge in [0.2, 0.25) is 0 Å². The molecule has 0 aliphatic heterocycles. The molecule has 0 bridgehead atoms. The van der Waals surface area contributed by atoms with Crippen LogP contribution in [0.2, 0.25) is 0 Å². The predicted octanol–water partition coefficient (Wildman–Crippen LogP) is 4.74. The van der Waals surface area contributed by atoms with Crippen LogP contribution < -0.4 is 0 Å². The molecule has 0 unspecified atom stereocenters. The van der Waals surface area contributed by atoms with E-state index >= 15 is 0 Å². The average molecular weight is 365 g/mol. The summed E-state index contributed by atoms with van der Waals surface area (Å²) in [4.78, 5) is 23.7. The van der Waals surface area contributed by atoms with E-state index in [-0.39, 0.29) is 23.2 Å². The summed E-state index contributed by atoms with van der Waals surface area (Å²) in [5.74, 6) is -0.0431. The van der Waals surface area contributed by atoms with Crippen molar-refractivity contribution in [3.63, 3.8) is 0 Å². The molecule has 25 heavy (non-hydrogen) atoms. The van der Waals surface area contributed by atoms with Crippen molar-refractivity contribution in [2.75, 3.05) is 12.4 Å². The van der Waals surface area contributed by atoms with Crippen LogP contribution in [0.15, 0.2) is 41.8 Å². The molecule has 0 saturated carbocycles. The van der Waals surface area contributed by atoms with E-state index in [4.69, 9.17) is 9.47 Å². The van der Waals surface area contributed by atoms with Crippen LogP contribution in [0, 0.1) is 5.92 Å². The van der Waals surface area contributed by atoms with Crippen molar-refractivity contribution >= 4 is 23.7 Å². The summed E-state index contributed by atoms with van der Waals surface area (Å²) in [6.07, 6.45) is 4.31. The van der Waals surface area contributed by atoms with Gasteiger partial charge in [0.15, 0.2) is 0 Å². The minimum absolute atomic E-state index is 0.0747. The first-order valence-electron chi connectivity index (χ1n) is 8.67. The van der Waals surface area contributed by atoms with Crippen molar-refractivity contribution in [1.82, 2.24) is 0 Å². The van der Waals surface area contributed by atoms with Crippen LogP contribution in [0.3, 0.4) is 0 Å². The normalized spacial score (nSPS) is 10.5. The topological polar surface area (TPSA) is 52.6 Å². The maximum Gasteiger partial charge on any atom is 0.344 e. The van der Waals surface area contributed by atoms with E-state index < -0.39 is 5.97 Å². The fourth-order valence-electron chi connectivity index (χ4n) is 2.07. The van der Waals surface area contributed by atoms with Crippen LogP contribution in [0.4, 0.5) is 0 Å². The summed E-state index contributed by atoms with van der Waals surface area (Å²) < 4.78 is 10.3. The standard InChI is InChI=1S/C20H28O4S/c1-16(2)10-6-5-9-13-23-19(21)15-25-17(3)20(22)24-14-18-11-7-4-8-12-18/h4,7-8,11-12,16H,3,5-6,9-10,13-15H2,1-2H3. The highest BCUT2D eigenvalue weighted by molar-refractivity contribution is 8.04. The van der Waals surface area contributed by atoms with Crippen LogP contribution >= 0.6 is 11.8 Å². The second-order valence-electron chi connectivity index (χ2n) is 6.24. The van der Waals surface area contributed by atoms with Gasteiger partial charge in [-0.25, -0.2) is 4.79 Å². The lowest BCUT2D eigenvalue weighted by Crippen LogP contribution is -2.11. The molecule has 0 amide bonds. The number of esters is 2. The Kier molecular flexibility index (Phi) is 10.7. The molecule has 0 radical (unpaired) electrons. The quantitative estimate of drug-likeness (QED) is 0.305. The van der Waals surface area contributed by atoms with Crippen LogP contribution in [-0.4, -0.2) is 24.3 Å². The first-order valence-corrected chi connectivity index (χ1v) is 9.66. The number of hydrogen-bond donors (Lipinski definition) is 0. The van der Waals surface area contributed by atoms with E-state index in [9.17, 15) is 9.59 Å². The third-order valence-electron chi connectivity index (χ3n) is 3.49. The lowest BCUT2D eigenvalue weighted by Gasteiger charge is -2.08. The van der Waals surface area contributed by atoms with Crippen LogP contribution in [0.1, 0.15) is 45.1 Å². The Balaban J connectivity index is 2.09. The number of thioether (sulfide) groups is 1. The molecular weight excluding hydrogens is 336 g/mol. The van der Waals surface area contributed by atoms with Crippen molar-refractivity contribution in [2.45, 2.75) is 46.1 Å².